The summed E-state index contributed by atoms with van der Waals surface area (Å²) in [4.78, 5) is 6.87. The fourth-order valence-electron chi connectivity index (χ4n) is 2.89. The van der Waals surface area contributed by atoms with E-state index in [1.807, 2.05) is 6.07 Å². The van der Waals surface area contributed by atoms with E-state index in [4.69, 9.17) is 0 Å². The SMILES string of the molecule is CCNC(=NCCCS(C)(=O)=O)N1CCC(c2ccccc2)C1.I. The Balaban J connectivity index is 0.00000288. The lowest BCUT2D eigenvalue weighted by Crippen LogP contribution is -2.40. The number of aliphatic imine (C=N–C) groups is 1. The van der Waals surface area contributed by atoms with E-state index in [1.165, 1.54) is 11.8 Å². The molecule has 1 aliphatic heterocycles. The fourth-order valence-corrected chi connectivity index (χ4v) is 3.54. The van der Waals surface area contributed by atoms with E-state index in [2.05, 4.69) is 46.4 Å². The molecule has 1 fully saturated rings. The molecule has 1 aliphatic rings. The predicted octanol–water partition coefficient (Wildman–Crippen LogP) is 2.49. The molecule has 0 aromatic heterocycles. The zero-order valence-electron chi connectivity index (χ0n) is 14.4. The van der Waals surface area contributed by atoms with Gasteiger partial charge < -0.3 is 10.2 Å². The van der Waals surface area contributed by atoms with Crippen LogP contribution in [0.15, 0.2) is 35.3 Å². The minimum absolute atomic E-state index is 0. The number of nitrogens with zero attached hydrogens (tertiary/aromatic N) is 2. The summed E-state index contributed by atoms with van der Waals surface area (Å²) in [5.41, 5.74) is 1.38. The number of hydrogen-bond acceptors (Lipinski definition) is 3. The van der Waals surface area contributed by atoms with Gasteiger partial charge in [0, 0.05) is 38.4 Å². The lowest BCUT2D eigenvalue weighted by Gasteiger charge is -2.21. The van der Waals surface area contributed by atoms with Crippen LogP contribution in [0.1, 0.15) is 31.2 Å². The second kappa shape index (κ2) is 10.2. The van der Waals surface area contributed by atoms with Gasteiger partial charge >= 0.3 is 0 Å². The molecule has 1 aromatic carbocycles. The Hall–Kier alpha value is -0.830. The Morgan fingerprint density at radius 1 is 1.33 bits per heavy atom. The van der Waals surface area contributed by atoms with Crippen molar-refractivity contribution in [2.45, 2.75) is 25.7 Å². The van der Waals surface area contributed by atoms with Crippen molar-refractivity contribution in [1.29, 1.82) is 0 Å². The van der Waals surface area contributed by atoms with Crippen LogP contribution in [0, 0.1) is 0 Å². The first kappa shape index (κ1) is 21.2. The summed E-state index contributed by atoms with van der Waals surface area (Å²) in [5, 5.41) is 3.32. The maximum atomic E-state index is 11.2. The van der Waals surface area contributed by atoms with Gasteiger partial charge in [-0.15, -0.1) is 24.0 Å². The number of likely N-dealkylation sites (tertiary alicyclic amines) is 1. The Labute approximate surface area is 162 Å². The molecule has 1 heterocycles. The van der Waals surface area contributed by atoms with Crippen molar-refractivity contribution in [2.24, 2.45) is 4.99 Å². The van der Waals surface area contributed by atoms with Crippen LogP contribution in [0.4, 0.5) is 0 Å². The average molecular weight is 465 g/mol. The van der Waals surface area contributed by atoms with Crippen molar-refractivity contribution >= 4 is 39.8 Å². The maximum Gasteiger partial charge on any atom is 0.193 e. The molecule has 1 aromatic rings. The minimum Gasteiger partial charge on any atom is -0.357 e. The Morgan fingerprint density at radius 3 is 2.67 bits per heavy atom. The van der Waals surface area contributed by atoms with E-state index in [0.717, 1.165) is 32.0 Å². The van der Waals surface area contributed by atoms with Gasteiger partial charge in [-0.1, -0.05) is 30.3 Å². The van der Waals surface area contributed by atoms with Crippen LogP contribution in [-0.4, -0.2) is 57.5 Å². The monoisotopic (exact) mass is 465 g/mol. The quantitative estimate of drug-likeness (QED) is 0.304. The van der Waals surface area contributed by atoms with Gasteiger partial charge in [0.2, 0.25) is 0 Å². The third-order valence-corrected chi connectivity index (χ3v) is 5.06. The van der Waals surface area contributed by atoms with Crippen LogP contribution in [0.25, 0.3) is 0 Å². The number of benzene rings is 1. The van der Waals surface area contributed by atoms with Gasteiger partial charge in [-0.25, -0.2) is 8.42 Å². The van der Waals surface area contributed by atoms with Gasteiger partial charge in [-0.3, -0.25) is 4.99 Å². The number of sulfone groups is 1. The molecule has 24 heavy (non-hydrogen) atoms. The van der Waals surface area contributed by atoms with Gasteiger partial charge in [-0.2, -0.15) is 0 Å². The molecule has 136 valence electrons. The van der Waals surface area contributed by atoms with E-state index in [9.17, 15) is 8.42 Å². The van der Waals surface area contributed by atoms with E-state index in [-0.39, 0.29) is 29.7 Å². The van der Waals surface area contributed by atoms with Gasteiger partial charge in [0.25, 0.3) is 0 Å². The first-order chi connectivity index (χ1) is 11.0. The molecule has 5 nitrogen and oxygen atoms in total. The van der Waals surface area contributed by atoms with Gasteiger partial charge in [0.15, 0.2) is 5.96 Å². The van der Waals surface area contributed by atoms with Gasteiger partial charge in [0.05, 0.1) is 5.75 Å². The normalized spacial score (nSPS) is 18.3. The molecule has 1 unspecified atom stereocenters. The second-order valence-corrected chi connectivity index (χ2v) is 8.32. The van der Waals surface area contributed by atoms with Crippen LogP contribution in [0.3, 0.4) is 0 Å². The Morgan fingerprint density at radius 2 is 2.04 bits per heavy atom. The summed E-state index contributed by atoms with van der Waals surface area (Å²) in [6, 6.07) is 10.6. The highest BCUT2D eigenvalue weighted by atomic mass is 127. The maximum absolute atomic E-state index is 11.2. The number of halogens is 1. The van der Waals surface area contributed by atoms with Crippen molar-refractivity contribution in [3.05, 3.63) is 35.9 Å². The molecule has 2 rings (SSSR count). The molecule has 0 saturated carbocycles. The molecule has 0 bridgehead atoms. The highest BCUT2D eigenvalue weighted by molar-refractivity contribution is 14.0. The van der Waals surface area contributed by atoms with Gasteiger partial charge in [-0.05, 0) is 25.3 Å². The molecular formula is C17H28IN3O2S. The van der Waals surface area contributed by atoms with Crippen LogP contribution in [-0.2, 0) is 9.84 Å². The highest BCUT2D eigenvalue weighted by Crippen LogP contribution is 2.26. The molecule has 1 N–H and O–H groups in total. The molecular weight excluding hydrogens is 437 g/mol. The van der Waals surface area contributed by atoms with E-state index < -0.39 is 9.84 Å². The van der Waals surface area contributed by atoms with Crippen LogP contribution < -0.4 is 5.32 Å². The fraction of sp³-hybridized carbons (Fsp3) is 0.588. The van der Waals surface area contributed by atoms with E-state index in [0.29, 0.717) is 18.9 Å². The first-order valence-corrected chi connectivity index (χ1v) is 10.3. The van der Waals surface area contributed by atoms with Crippen LogP contribution >= 0.6 is 24.0 Å². The summed E-state index contributed by atoms with van der Waals surface area (Å²) in [5.74, 6) is 1.64. The molecule has 0 radical (unpaired) electrons. The van der Waals surface area contributed by atoms with E-state index in [1.54, 1.807) is 0 Å². The largest absolute Gasteiger partial charge is 0.357 e. The molecule has 0 spiro atoms. The van der Waals surface area contributed by atoms with Crippen molar-refractivity contribution in [3.63, 3.8) is 0 Å². The molecule has 7 heteroatoms. The van der Waals surface area contributed by atoms with E-state index >= 15 is 0 Å². The van der Waals surface area contributed by atoms with Gasteiger partial charge in [0.1, 0.15) is 9.84 Å². The summed E-state index contributed by atoms with van der Waals surface area (Å²) in [6.07, 6.45) is 2.97. The Kier molecular flexibility index (Phi) is 9.04. The lowest BCUT2D eigenvalue weighted by molar-refractivity contribution is 0.486. The number of guanidine groups is 1. The molecule has 0 aliphatic carbocycles. The standard InChI is InChI=1S/C17H27N3O2S.HI/c1-3-18-17(19-11-7-13-23(2,21)22)20-12-10-16(14-20)15-8-5-4-6-9-15;/h4-6,8-9,16H,3,7,10-14H2,1-2H3,(H,18,19);1H. The van der Waals surface area contributed by atoms with Crippen LogP contribution in [0.2, 0.25) is 0 Å². The number of nitrogens with one attached hydrogen (secondary N) is 1. The topological polar surface area (TPSA) is 61.8 Å². The summed E-state index contributed by atoms with van der Waals surface area (Å²) >= 11 is 0. The zero-order chi connectivity index (χ0) is 16.7. The Bertz CT molecular complexity index is 620. The minimum atomic E-state index is -2.90. The van der Waals surface area contributed by atoms with Crippen molar-refractivity contribution in [3.8, 4) is 0 Å². The van der Waals surface area contributed by atoms with Crippen molar-refractivity contribution in [1.82, 2.24) is 10.2 Å². The summed E-state index contributed by atoms with van der Waals surface area (Å²) in [7, 11) is -2.90. The second-order valence-electron chi connectivity index (χ2n) is 6.06. The molecule has 1 saturated heterocycles. The third kappa shape index (κ3) is 6.96. The summed E-state index contributed by atoms with van der Waals surface area (Å²) < 4.78 is 22.4. The van der Waals surface area contributed by atoms with Crippen molar-refractivity contribution in [2.75, 3.05) is 38.2 Å². The smallest absolute Gasteiger partial charge is 0.193 e. The molecule has 1 atom stereocenters. The number of rotatable bonds is 6. The number of hydrogen-bond donors (Lipinski definition) is 1. The third-order valence-electron chi connectivity index (χ3n) is 4.03. The van der Waals surface area contributed by atoms with Crippen LogP contribution in [0.5, 0.6) is 0 Å². The zero-order valence-corrected chi connectivity index (χ0v) is 17.6. The van der Waals surface area contributed by atoms with Crippen molar-refractivity contribution < 1.29 is 8.42 Å². The molecule has 0 amide bonds. The highest BCUT2D eigenvalue weighted by Gasteiger charge is 2.25. The summed E-state index contributed by atoms with van der Waals surface area (Å²) in [6.45, 7) is 5.36. The average Bonchev–Trinajstić information content (AvgIpc) is 3.00. The first-order valence-electron chi connectivity index (χ1n) is 8.25. The lowest BCUT2D eigenvalue weighted by atomic mass is 9.99. The predicted molar refractivity (Wildman–Crippen MR) is 111 cm³/mol.